The molecule has 0 spiro atoms. The van der Waals surface area contributed by atoms with Gasteiger partial charge in [-0.3, -0.25) is 4.79 Å². The first-order valence-electron chi connectivity index (χ1n) is 6.12. The first kappa shape index (κ1) is 20.1. The maximum Gasteiger partial charge on any atom is 0.263 e. The molecule has 1 aromatic carbocycles. The average Bonchev–Trinajstić information content (AvgIpc) is 2.45. The highest BCUT2D eigenvalue weighted by Gasteiger charge is 2.29. The quantitative estimate of drug-likeness (QED) is 0.522. The summed E-state index contributed by atoms with van der Waals surface area (Å²) in [5, 5.41) is 10.7. The lowest BCUT2D eigenvalue weighted by molar-refractivity contribution is -2.00. The van der Waals surface area contributed by atoms with E-state index in [9.17, 15) is 4.79 Å². The summed E-state index contributed by atoms with van der Waals surface area (Å²) in [6.45, 7) is 0. The number of amidine groups is 2. The first-order chi connectivity index (χ1) is 10.7. The number of halogens is 1. The van der Waals surface area contributed by atoms with Gasteiger partial charge in [0.05, 0.1) is 4.58 Å². The lowest BCUT2D eigenvalue weighted by Gasteiger charge is -2.18. The van der Waals surface area contributed by atoms with E-state index in [1.54, 1.807) is 24.1 Å². The van der Waals surface area contributed by atoms with Crippen molar-refractivity contribution >= 4 is 39.6 Å². The third-order valence-electron chi connectivity index (χ3n) is 2.43. The summed E-state index contributed by atoms with van der Waals surface area (Å²) in [4.78, 5) is 16.2. The SMILES string of the molecule is CN=C1[NH2+]C(=N)SC(CC(=O)c2ccccc2)S1.[O-][Cl+3]([O-])([O-])[O-]. The zero-order chi connectivity index (χ0) is 17.5. The van der Waals surface area contributed by atoms with Crippen LogP contribution in [0.2, 0.25) is 0 Å². The Balaban J connectivity index is 0.000000463. The Kier molecular flexibility index (Phi) is 8.16. The van der Waals surface area contributed by atoms with Crippen molar-refractivity contribution in [3.8, 4) is 0 Å². The summed E-state index contributed by atoms with van der Waals surface area (Å²) in [5.41, 5.74) is 0.731. The number of hydrogen-bond acceptors (Lipinski definition) is 9. The molecule has 2 rings (SSSR count). The van der Waals surface area contributed by atoms with E-state index in [0.717, 1.165) is 10.7 Å². The molecule has 0 aliphatic carbocycles. The van der Waals surface area contributed by atoms with Crippen LogP contribution in [0.25, 0.3) is 0 Å². The fourth-order valence-electron chi connectivity index (χ4n) is 1.57. The van der Waals surface area contributed by atoms with Crippen molar-refractivity contribution in [2.75, 3.05) is 7.05 Å². The van der Waals surface area contributed by atoms with Crippen molar-refractivity contribution in [1.29, 1.82) is 5.41 Å². The van der Waals surface area contributed by atoms with E-state index in [-0.39, 0.29) is 10.4 Å². The van der Waals surface area contributed by atoms with Gasteiger partial charge in [0.15, 0.2) is 5.78 Å². The summed E-state index contributed by atoms with van der Waals surface area (Å²) in [7, 11) is -3.24. The van der Waals surface area contributed by atoms with Gasteiger partial charge in [0.2, 0.25) is 0 Å². The minimum Gasteiger partial charge on any atom is -0.294 e. The van der Waals surface area contributed by atoms with Crippen LogP contribution in [0.3, 0.4) is 0 Å². The standard InChI is InChI=1S/C12H13N3OS2.ClHO4/c1-14-12-15-11(13)17-10(18-12)7-9(16)8-5-3-2-4-6-8;2-1(3,4)5/h2-6,10H,7H2,1H3,(H2,13,14,15);(H,2,3,4,5). The minimum absolute atomic E-state index is 0.0499. The number of benzene rings is 1. The highest BCUT2D eigenvalue weighted by atomic mass is 35.7. The van der Waals surface area contributed by atoms with Crippen LogP contribution in [0.5, 0.6) is 0 Å². The fraction of sp³-hybridized carbons (Fsp3) is 0.250. The van der Waals surface area contributed by atoms with Crippen LogP contribution in [0, 0.1) is 15.7 Å². The smallest absolute Gasteiger partial charge is 0.263 e. The number of nitrogens with zero attached hydrogens (tertiary/aromatic N) is 1. The molecule has 11 heteroatoms. The number of hydrogen-bond donors (Lipinski definition) is 2. The van der Waals surface area contributed by atoms with Crippen molar-refractivity contribution in [1.82, 2.24) is 0 Å². The summed E-state index contributed by atoms with van der Waals surface area (Å²) in [6.07, 6.45) is 0.425. The zero-order valence-electron chi connectivity index (χ0n) is 11.9. The molecule has 1 atom stereocenters. The van der Waals surface area contributed by atoms with E-state index in [2.05, 4.69) is 4.99 Å². The van der Waals surface area contributed by atoms with Crippen LogP contribution in [0.4, 0.5) is 0 Å². The molecule has 0 bridgehead atoms. The molecule has 0 amide bonds. The van der Waals surface area contributed by atoms with Gasteiger partial charge in [0.25, 0.3) is 10.3 Å². The third kappa shape index (κ3) is 9.03. The van der Waals surface area contributed by atoms with E-state index in [1.807, 2.05) is 30.3 Å². The van der Waals surface area contributed by atoms with Gasteiger partial charge >= 0.3 is 0 Å². The monoisotopic (exact) mass is 379 g/mol. The number of quaternary nitrogens is 1. The van der Waals surface area contributed by atoms with Crippen LogP contribution in [-0.2, 0) is 0 Å². The molecule has 0 aromatic heterocycles. The van der Waals surface area contributed by atoms with Gasteiger partial charge in [0.1, 0.15) is 0 Å². The van der Waals surface area contributed by atoms with Gasteiger partial charge in [-0.25, -0.2) is 34.4 Å². The van der Waals surface area contributed by atoms with Crippen LogP contribution in [-0.4, -0.2) is 27.7 Å². The molecule has 1 unspecified atom stereocenters. The Bertz CT molecular complexity index is 574. The molecule has 1 heterocycles. The second-order valence-corrected chi connectivity index (χ2v) is 7.63. The van der Waals surface area contributed by atoms with Crippen molar-refractivity contribution < 1.29 is 39.0 Å². The largest absolute Gasteiger partial charge is 0.294 e. The molecule has 23 heavy (non-hydrogen) atoms. The predicted octanol–water partition coefficient (Wildman–Crippen LogP) is -3.21. The molecule has 1 fully saturated rings. The Morgan fingerprint density at radius 1 is 1.26 bits per heavy atom. The lowest BCUT2D eigenvalue weighted by atomic mass is 10.1. The molecular weight excluding hydrogens is 366 g/mol. The number of thioether (sulfide) groups is 2. The summed E-state index contributed by atoms with van der Waals surface area (Å²) in [6, 6.07) is 9.28. The molecule has 0 radical (unpaired) electrons. The van der Waals surface area contributed by atoms with Gasteiger partial charge in [0, 0.05) is 19.0 Å². The van der Waals surface area contributed by atoms with Gasteiger partial charge in [-0.1, -0.05) is 30.3 Å². The molecule has 3 N–H and O–H groups in total. The van der Waals surface area contributed by atoms with Crippen molar-refractivity contribution in [2.24, 2.45) is 4.99 Å². The maximum absolute atomic E-state index is 12.1. The zero-order valence-corrected chi connectivity index (χ0v) is 14.3. The van der Waals surface area contributed by atoms with Gasteiger partial charge in [-0.2, -0.15) is 0 Å². The summed E-state index contributed by atoms with van der Waals surface area (Å²) < 4.78 is 34.0. The Labute approximate surface area is 143 Å². The molecule has 1 saturated heterocycles. The first-order valence-corrected chi connectivity index (χ1v) is 9.12. The number of carbonyl (C=O) groups excluding carboxylic acids is 1. The number of carbonyl (C=O) groups is 1. The fourth-order valence-corrected chi connectivity index (χ4v) is 3.94. The van der Waals surface area contributed by atoms with Crippen molar-refractivity contribution in [2.45, 2.75) is 11.0 Å². The molecule has 1 aromatic rings. The second kappa shape index (κ2) is 9.35. The molecule has 8 nitrogen and oxygen atoms in total. The molecular formula is C12H14ClN3O5S2. The average molecular weight is 380 g/mol. The topological polar surface area (TPSA) is 162 Å². The normalized spacial score (nSPS) is 20.0. The molecule has 1 aliphatic heterocycles. The predicted molar refractivity (Wildman–Crippen MR) is 77.4 cm³/mol. The number of nitrogens with one attached hydrogen (secondary N) is 1. The molecule has 126 valence electrons. The van der Waals surface area contributed by atoms with Gasteiger partial charge in [-0.15, -0.1) is 10.2 Å². The minimum atomic E-state index is -4.94. The summed E-state index contributed by atoms with van der Waals surface area (Å²) >= 11 is 2.97. The van der Waals surface area contributed by atoms with Crippen LogP contribution < -0.4 is 24.0 Å². The van der Waals surface area contributed by atoms with Gasteiger partial charge in [-0.05, 0) is 23.5 Å². The van der Waals surface area contributed by atoms with Crippen molar-refractivity contribution in [3.63, 3.8) is 0 Å². The Hall–Kier alpha value is -0.980. The number of aliphatic imine (C=N–C) groups is 1. The second-order valence-electron chi connectivity index (χ2n) is 4.11. The highest BCUT2D eigenvalue weighted by molar-refractivity contribution is 8.30. The number of ketones is 1. The lowest BCUT2D eigenvalue weighted by Crippen LogP contribution is -2.91. The van der Waals surface area contributed by atoms with Gasteiger partial charge < -0.3 is 0 Å². The Morgan fingerprint density at radius 2 is 1.83 bits per heavy atom. The maximum atomic E-state index is 12.1. The Morgan fingerprint density at radius 3 is 2.35 bits per heavy atom. The highest BCUT2D eigenvalue weighted by Crippen LogP contribution is 2.29. The van der Waals surface area contributed by atoms with E-state index in [0.29, 0.717) is 11.6 Å². The van der Waals surface area contributed by atoms with Crippen molar-refractivity contribution in [3.05, 3.63) is 35.9 Å². The van der Waals surface area contributed by atoms with Crippen LogP contribution >= 0.6 is 23.5 Å². The third-order valence-corrected chi connectivity index (χ3v) is 4.78. The van der Waals surface area contributed by atoms with Crippen LogP contribution in [0.1, 0.15) is 16.8 Å². The molecule has 1 aliphatic rings. The van der Waals surface area contributed by atoms with E-state index < -0.39 is 10.2 Å². The van der Waals surface area contributed by atoms with E-state index in [4.69, 9.17) is 24.0 Å². The van der Waals surface area contributed by atoms with Crippen LogP contribution in [0.15, 0.2) is 35.3 Å². The molecule has 0 saturated carbocycles. The summed E-state index contributed by atoms with van der Waals surface area (Å²) in [5.74, 6) is 0.116. The number of rotatable bonds is 3. The van der Waals surface area contributed by atoms with E-state index >= 15 is 0 Å². The number of nitrogens with two attached hydrogens (primary N) is 1. The number of Topliss-reactive ketones (excluding diaryl/α,β-unsaturated/α-hetero) is 1. The van der Waals surface area contributed by atoms with E-state index in [1.165, 1.54) is 11.8 Å².